The second-order valence-corrected chi connectivity index (χ2v) is 4.85. The summed E-state index contributed by atoms with van der Waals surface area (Å²) in [5.41, 5.74) is 0.845. The molecule has 0 aliphatic heterocycles. The SMILES string of the molecule is CCCc1nc(NCC)cc(Nc2ccccc2Cl)n1. The summed E-state index contributed by atoms with van der Waals surface area (Å²) in [6.07, 6.45) is 1.87. The number of hydrogen-bond donors (Lipinski definition) is 2. The summed E-state index contributed by atoms with van der Waals surface area (Å²) in [6.45, 7) is 4.99. The van der Waals surface area contributed by atoms with Crippen LogP contribution in [0.15, 0.2) is 30.3 Å². The number of anilines is 3. The van der Waals surface area contributed by atoms with E-state index in [4.69, 9.17) is 11.6 Å². The van der Waals surface area contributed by atoms with Crippen molar-refractivity contribution in [2.24, 2.45) is 0 Å². The Morgan fingerprint density at radius 1 is 1.10 bits per heavy atom. The highest BCUT2D eigenvalue weighted by atomic mass is 35.5. The van der Waals surface area contributed by atoms with Crippen LogP contribution in [0.4, 0.5) is 17.3 Å². The number of para-hydroxylation sites is 1. The molecule has 20 heavy (non-hydrogen) atoms. The predicted octanol–water partition coefficient (Wildman–Crippen LogP) is 4.26. The summed E-state index contributed by atoms with van der Waals surface area (Å²) in [7, 11) is 0. The molecule has 0 aliphatic rings. The fourth-order valence-corrected chi connectivity index (χ4v) is 2.05. The van der Waals surface area contributed by atoms with Crippen LogP contribution in [0.2, 0.25) is 5.02 Å². The van der Waals surface area contributed by atoms with Crippen LogP contribution >= 0.6 is 11.6 Å². The van der Waals surface area contributed by atoms with Gasteiger partial charge in [-0.05, 0) is 25.5 Å². The lowest BCUT2D eigenvalue weighted by atomic mass is 10.3. The monoisotopic (exact) mass is 290 g/mol. The number of hydrogen-bond acceptors (Lipinski definition) is 4. The van der Waals surface area contributed by atoms with Crippen molar-refractivity contribution < 1.29 is 0 Å². The standard InChI is InChI=1S/C15H19ClN4/c1-3-7-13-19-14(17-4-2)10-15(20-13)18-12-9-6-5-8-11(12)16/h5-6,8-10H,3-4,7H2,1-2H3,(H2,17,18,19,20). The van der Waals surface area contributed by atoms with Crippen LogP contribution in [0.5, 0.6) is 0 Å². The van der Waals surface area contributed by atoms with Crippen LogP contribution in [0.1, 0.15) is 26.1 Å². The minimum Gasteiger partial charge on any atom is -0.370 e. The van der Waals surface area contributed by atoms with Gasteiger partial charge >= 0.3 is 0 Å². The number of rotatable bonds is 6. The number of halogens is 1. The normalized spacial score (nSPS) is 10.3. The van der Waals surface area contributed by atoms with E-state index in [0.29, 0.717) is 5.02 Å². The Hall–Kier alpha value is -1.81. The number of nitrogens with one attached hydrogen (secondary N) is 2. The maximum atomic E-state index is 6.15. The summed E-state index contributed by atoms with van der Waals surface area (Å²) in [5.74, 6) is 2.42. The van der Waals surface area contributed by atoms with Crippen LogP contribution in [0, 0.1) is 0 Å². The third-order valence-corrected chi connectivity index (χ3v) is 3.07. The molecule has 106 valence electrons. The lowest BCUT2D eigenvalue weighted by molar-refractivity contribution is 0.837. The zero-order valence-electron chi connectivity index (χ0n) is 11.8. The third kappa shape index (κ3) is 3.84. The van der Waals surface area contributed by atoms with Gasteiger partial charge in [0, 0.05) is 19.0 Å². The molecule has 0 saturated carbocycles. The van der Waals surface area contributed by atoms with E-state index in [1.165, 1.54) is 0 Å². The Morgan fingerprint density at radius 3 is 2.55 bits per heavy atom. The van der Waals surface area contributed by atoms with E-state index < -0.39 is 0 Å². The third-order valence-electron chi connectivity index (χ3n) is 2.74. The molecular formula is C15H19ClN4. The Labute approximate surface area is 124 Å². The molecule has 0 bridgehead atoms. The van der Waals surface area contributed by atoms with Crippen molar-refractivity contribution in [3.8, 4) is 0 Å². The number of nitrogens with zero attached hydrogens (tertiary/aromatic N) is 2. The molecular weight excluding hydrogens is 272 g/mol. The molecule has 1 aromatic heterocycles. The van der Waals surface area contributed by atoms with Crippen molar-refractivity contribution in [2.45, 2.75) is 26.7 Å². The first-order chi connectivity index (χ1) is 9.72. The molecule has 4 nitrogen and oxygen atoms in total. The molecule has 1 heterocycles. The predicted molar refractivity (Wildman–Crippen MR) is 84.9 cm³/mol. The lowest BCUT2D eigenvalue weighted by Crippen LogP contribution is -2.06. The molecule has 0 aliphatic carbocycles. The Morgan fingerprint density at radius 2 is 1.85 bits per heavy atom. The molecule has 0 radical (unpaired) electrons. The van der Waals surface area contributed by atoms with Crippen molar-refractivity contribution in [2.75, 3.05) is 17.2 Å². The quantitative estimate of drug-likeness (QED) is 0.835. The first kappa shape index (κ1) is 14.6. The van der Waals surface area contributed by atoms with E-state index in [1.54, 1.807) is 0 Å². The van der Waals surface area contributed by atoms with Crippen molar-refractivity contribution in [3.63, 3.8) is 0 Å². The fraction of sp³-hybridized carbons (Fsp3) is 0.333. The zero-order valence-corrected chi connectivity index (χ0v) is 12.5. The summed E-state index contributed by atoms with van der Waals surface area (Å²) >= 11 is 6.15. The highest BCUT2D eigenvalue weighted by molar-refractivity contribution is 6.33. The summed E-state index contributed by atoms with van der Waals surface area (Å²) in [5, 5.41) is 7.14. The van der Waals surface area contributed by atoms with Gasteiger partial charge in [-0.1, -0.05) is 30.7 Å². The van der Waals surface area contributed by atoms with Gasteiger partial charge in [0.05, 0.1) is 10.7 Å². The number of benzene rings is 1. The van der Waals surface area contributed by atoms with Crippen molar-refractivity contribution in [1.29, 1.82) is 0 Å². The summed E-state index contributed by atoms with van der Waals surface area (Å²) in [6, 6.07) is 9.51. The topological polar surface area (TPSA) is 49.8 Å². The average molecular weight is 291 g/mol. The van der Waals surface area contributed by atoms with E-state index in [9.17, 15) is 0 Å². The summed E-state index contributed by atoms with van der Waals surface area (Å²) in [4.78, 5) is 9.00. The van der Waals surface area contributed by atoms with Crippen molar-refractivity contribution >= 4 is 28.9 Å². The lowest BCUT2D eigenvalue weighted by Gasteiger charge is -2.11. The van der Waals surface area contributed by atoms with E-state index in [-0.39, 0.29) is 0 Å². The van der Waals surface area contributed by atoms with Crippen molar-refractivity contribution in [1.82, 2.24) is 9.97 Å². The van der Waals surface area contributed by atoms with E-state index in [2.05, 4.69) is 27.5 Å². The van der Waals surface area contributed by atoms with E-state index in [1.807, 2.05) is 37.3 Å². The van der Waals surface area contributed by atoms with Gasteiger partial charge in [-0.25, -0.2) is 9.97 Å². The van der Waals surface area contributed by atoms with Crippen LogP contribution in [0.3, 0.4) is 0 Å². The van der Waals surface area contributed by atoms with Gasteiger partial charge in [-0.15, -0.1) is 0 Å². The maximum absolute atomic E-state index is 6.15. The summed E-state index contributed by atoms with van der Waals surface area (Å²) < 4.78 is 0. The van der Waals surface area contributed by atoms with Crippen LogP contribution in [-0.2, 0) is 6.42 Å². The van der Waals surface area contributed by atoms with E-state index >= 15 is 0 Å². The van der Waals surface area contributed by atoms with Gasteiger partial charge in [0.15, 0.2) is 0 Å². The largest absolute Gasteiger partial charge is 0.370 e. The van der Waals surface area contributed by atoms with Crippen molar-refractivity contribution in [3.05, 3.63) is 41.2 Å². The second kappa shape index (κ2) is 7.10. The Balaban J connectivity index is 2.28. The highest BCUT2D eigenvalue weighted by Gasteiger charge is 2.06. The molecule has 0 amide bonds. The van der Waals surface area contributed by atoms with Gasteiger partial charge in [0.1, 0.15) is 17.5 Å². The first-order valence-corrected chi connectivity index (χ1v) is 7.24. The molecule has 0 saturated heterocycles. The van der Waals surface area contributed by atoms with Gasteiger partial charge < -0.3 is 10.6 Å². The molecule has 2 aromatic rings. The highest BCUT2D eigenvalue weighted by Crippen LogP contribution is 2.25. The zero-order chi connectivity index (χ0) is 14.4. The molecule has 2 N–H and O–H groups in total. The van der Waals surface area contributed by atoms with Gasteiger partial charge in [-0.2, -0.15) is 0 Å². The number of aryl methyl sites for hydroxylation is 1. The Bertz CT molecular complexity index is 547. The number of aromatic nitrogens is 2. The maximum Gasteiger partial charge on any atom is 0.136 e. The van der Waals surface area contributed by atoms with Gasteiger partial charge in [0.25, 0.3) is 0 Å². The first-order valence-electron chi connectivity index (χ1n) is 6.86. The molecule has 0 fully saturated rings. The molecule has 5 heteroatoms. The molecule has 1 aromatic carbocycles. The van der Waals surface area contributed by atoms with Gasteiger partial charge in [0.2, 0.25) is 0 Å². The van der Waals surface area contributed by atoms with Crippen LogP contribution < -0.4 is 10.6 Å². The smallest absolute Gasteiger partial charge is 0.136 e. The second-order valence-electron chi connectivity index (χ2n) is 4.44. The molecule has 0 spiro atoms. The Kier molecular flexibility index (Phi) is 5.18. The molecule has 2 rings (SSSR count). The molecule has 0 unspecified atom stereocenters. The minimum atomic E-state index is 0.674. The average Bonchev–Trinajstić information content (AvgIpc) is 2.42. The van der Waals surface area contributed by atoms with Crippen LogP contribution in [0.25, 0.3) is 0 Å². The van der Waals surface area contributed by atoms with Gasteiger partial charge in [-0.3, -0.25) is 0 Å². The molecule has 0 atom stereocenters. The van der Waals surface area contributed by atoms with E-state index in [0.717, 1.165) is 42.5 Å². The van der Waals surface area contributed by atoms with Crippen LogP contribution in [-0.4, -0.2) is 16.5 Å². The minimum absolute atomic E-state index is 0.674. The fourth-order valence-electron chi connectivity index (χ4n) is 1.87.